The van der Waals surface area contributed by atoms with Gasteiger partial charge in [-0.25, -0.2) is 4.79 Å². The summed E-state index contributed by atoms with van der Waals surface area (Å²) in [6.07, 6.45) is 2.54. The largest absolute Gasteiger partial charge is 0.423 e. The van der Waals surface area contributed by atoms with E-state index in [2.05, 4.69) is 41.4 Å². The highest BCUT2D eigenvalue weighted by atomic mass is 16.4. The zero-order chi connectivity index (χ0) is 20.4. The molecule has 0 spiro atoms. The predicted octanol–water partition coefficient (Wildman–Crippen LogP) is 4.55. The highest BCUT2D eigenvalue weighted by molar-refractivity contribution is 5.92. The summed E-state index contributed by atoms with van der Waals surface area (Å²) in [5.41, 5.74) is 2.97. The molecule has 0 aliphatic heterocycles. The van der Waals surface area contributed by atoms with Gasteiger partial charge >= 0.3 is 5.63 Å². The first-order valence-corrected chi connectivity index (χ1v) is 10.1. The summed E-state index contributed by atoms with van der Waals surface area (Å²) in [6, 6.07) is 18.0. The van der Waals surface area contributed by atoms with E-state index in [1.54, 1.807) is 12.1 Å². The number of carbonyl (C=O) groups excluding carboxylic acids is 1. The number of anilines is 1. The molecule has 1 heterocycles. The predicted molar refractivity (Wildman–Crippen MR) is 115 cm³/mol. The molecule has 0 bridgehead atoms. The van der Waals surface area contributed by atoms with Crippen molar-refractivity contribution in [2.45, 2.75) is 45.8 Å². The van der Waals surface area contributed by atoms with Crippen LogP contribution in [-0.4, -0.2) is 16.8 Å². The normalized spacial score (nSPS) is 14.9. The van der Waals surface area contributed by atoms with Crippen LogP contribution in [0.2, 0.25) is 0 Å². The molecule has 1 saturated carbocycles. The molecular weight excluding hydrogens is 364 g/mol. The lowest BCUT2D eigenvalue weighted by Gasteiger charge is -2.29. The van der Waals surface area contributed by atoms with Crippen molar-refractivity contribution in [3.8, 4) is 0 Å². The Morgan fingerprint density at radius 1 is 1.14 bits per heavy atom. The molecule has 1 aliphatic carbocycles. The Morgan fingerprint density at radius 3 is 2.59 bits per heavy atom. The van der Waals surface area contributed by atoms with Gasteiger partial charge in [-0.2, -0.15) is 0 Å². The molecular formula is C24H26N2O3. The molecule has 4 rings (SSSR count). The Labute approximate surface area is 170 Å². The topological polar surface area (TPSA) is 62.6 Å². The molecule has 0 radical (unpaired) electrons. The van der Waals surface area contributed by atoms with Gasteiger partial charge < -0.3 is 9.73 Å². The maximum atomic E-state index is 12.2. The molecule has 1 aromatic heterocycles. The van der Waals surface area contributed by atoms with Crippen LogP contribution in [0.25, 0.3) is 11.0 Å². The Morgan fingerprint density at radius 2 is 1.90 bits per heavy atom. The van der Waals surface area contributed by atoms with Gasteiger partial charge in [-0.05, 0) is 48.9 Å². The number of rotatable bonds is 7. The molecule has 1 atom stereocenters. The lowest BCUT2D eigenvalue weighted by atomic mass is 10.1. The van der Waals surface area contributed by atoms with E-state index in [1.807, 2.05) is 18.2 Å². The van der Waals surface area contributed by atoms with Crippen molar-refractivity contribution in [3.05, 3.63) is 76.1 Å². The van der Waals surface area contributed by atoms with Crippen LogP contribution in [0, 0.1) is 5.92 Å². The highest BCUT2D eigenvalue weighted by Crippen LogP contribution is 2.36. The van der Waals surface area contributed by atoms with Crippen LogP contribution in [0.5, 0.6) is 0 Å². The third-order valence-electron chi connectivity index (χ3n) is 5.63. The zero-order valence-corrected chi connectivity index (χ0v) is 16.9. The molecule has 1 N–H and O–H groups in total. The maximum Gasteiger partial charge on any atom is 0.336 e. The number of amides is 1. The highest BCUT2D eigenvalue weighted by Gasteiger charge is 2.32. The smallest absolute Gasteiger partial charge is 0.336 e. The first-order valence-electron chi connectivity index (χ1n) is 10.1. The maximum absolute atomic E-state index is 12.2. The molecule has 5 nitrogen and oxygen atoms in total. The molecule has 1 aliphatic rings. The second-order valence-electron chi connectivity index (χ2n) is 7.95. The number of benzene rings is 2. The van der Waals surface area contributed by atoms with Crippen LogP contribution in [0.4, 0.5) is 5.69 Å². The lowest BCUT2D eigenvalue weighted by molar-refractivity contribution is -0.114. The van der Waals surface area contributed by atoms with E-state index in [0.717, 1.165) is 23.4 Å². The first-order chi connectivity index (χ1) is 14.0. The number of hydrogen-bond acceptors (Lipinski definition) is 4. The van der Waals surface area contributed by atoms with E-state index < -0.39 is 0 Å². The van der Waals surface area contributed by atoms with E-state index >= 15 is 0 Å². The third-order valence-corrected chi connectivity index (χ3v) is 5.63. The summed E-state index contributed by atoms with van der Waals surface area (Å²) in [5.74, 6) is 0.562. The van der Waals surface area contributed by atoms with E-state index in [0.29, 0.717) is 23.9 Å². The van der Waals surface area contributed by atoms with E-state index in [9.17, 15) is 9.59 Å². The molecule has 0 saturated heterocycles. The number of hydrogen-bond donors (Lipinski definition) is 1. The Hall–Kier alpha value is -2.92. The summed E-state index contributed by atoms with van der Waals surface area (Å²) in [5, 5.41) is 3.64. The SMILES string of the molecule is CC(=O)Nc1ccc2c(CN(Cc3ccccc3)C(C)C3CC3)cc(=O)oc2c1. The summed E-state index contributed by atoms with van der Waals surface area (Å²) >= 11 is 0. The molecule has 3 aromatic rings. The minimum atomic E-state index is -0.369. The third kappa shape index (κ3) is 4.74. The summed E-state index contributed by atoms with van der Waals surface area (Å²) in [6.45, 7) is 5.25. The molecule has 1 amide bonds. The van der Waals surface area contributed by atoms with Crippen LogP contribution < -0.4 is 10.9 Å². The fourth-order valence-electron chi connectivity index (χ4n) is 3.90. The average Bonchev–Trinajstić information content (AvgIpc) is 3.52. The molecule has 150 valence electrons. The minimum absolute atomic E-state index is 0.157. The fraction of sp³-hybridized carbons (Fsp3) is 0.333. The quantitative estimate of drug-likeness (QED) is 0.601. The molecule has 5 heteroatoms. The number of nitrogens with zero attached hydrogens (tertiary/aromatic N) is 1. The molecule has 29 heavy (non-hydrogen) atoms. The molecule has 1 unspecified atom stereocenters. The lowest BCUT2D eigenvalue weighted by Crippen LogP contribution is -2.34. The van der Waals surface area contributed by atoms with E-state index in [-0.39, 0.29) is 11.5 Å². The second kappa shape index (κ2) is 8.21. The average molecular weight is 390 g/mol. The van der Waals surface area contributed by atoms with Crippen molar-refractivity contribution in [1.82, 2.24) is 4.90 Å². The van der Waals surface area contributed by atoms with Crippen LogP contribution in [0.1, 0.15) is 37.8 Å². The Balaban J connectivity index is 1.67. The minimum Gasteiger partial charge on any atom is -0.423 e. The van der Waals surface area contributed by atoms with Crippen LogP contribution in [-0.2, 0) is 17.9 Å². The standard InChI is InChI=1S/C24H26N2O3/c1-16(19-8-9-19)26(14-18-6-4-3-5-7-18)15-20-12-24(28)29-23-13-21(25-17(2)27)10-11-22(20)23/h3-7,10-13,16,19H,8-9,14-15H2,1-2H3,(H,25,27). The van der Waals surface area contributed by atoms with Gasteiger partial charge in [-0.3, -0.25) is 9.69 Å². The van der Waals surface area contributed by atoms with Crippen molar-refractivity contribution < 1.29 is 9.21 Å². The summed E-state index contributed by atoms with van der Waals surface area (Å²) < 4.78 is 5.42. The monoisotopic (exact) mass is 390 g/mol. The summed E-state index contributed by atoms with van der Waals surface area (Å²) in [7, 11) is 0. The molecule has 2 aromatic carbocycles. The summed E-state index contributed by atoms with van der Waals surface area (Å²) in [4.78, 5) is 26.0. The van der Waals surface area contributed by atoms with Gasteiger partial charge in [-0.1, -0.05) is 30.3 Å². The van der Waals surface area contributed by atoms with Gasteiger partial charge in [0.15, 0.2) is 0 Å². The van der Waals surface area contributed by atoms with Crippen molar-refractivity contribution in [2.75, 3.05) is 5.32 Å². The van der Waals surface area contributed by atoms with E-state index in [1.165, 1.54) is 25.3 Å². The van der Waals surface area contributed by atoms with Gasteiger partial charge in [-0.15, -0.1) is 0 Å². The van der Waals surface area contributed by atoms with Crippen LogP contribution >= 0.6 is 0 Å². The number of nitrogens with one attached hydrogen (secondary N) is 1. The fourth-order valence-corrected chi connectivity index (χ4v) is 3.90. The van der Waals surface area contributed by atoms with Crippen LogP contribution in [0.15, 0.2) is 63.8 Å². The van der Waals surface area contributed by atoms with Gasteiger partial charge in [0.05, 0.1) is 0 Å². The second-order valence-corrected chi connectivity index (χ2v) is 7.95. The first kappa shape index (κ1) is 19.4. The van der Waals surface area contributed by atoms with Crippen molar-refractivity contribution in [3.63, 3.8) is 0 Å². The van der Waals surface area contributed by atoms with Gasteiger partial charge in [0, 0.05) is 49.3 Å². The van der Waals surface area contributed by atoms with Gasteiger partial charge in [0.1, 0.15) is 5.58 Å². The van der Waals surface area contributed by atoms with Gasteiger partial charge in [0.2, 0.25) is 5.91 Å². The van der Waals surface area contributed by atoms with Crippen molar-refractivity contribution in [1.29, 1.82) is 0 Å². The Kier molecular flexibility index (Phi) is 5.49. The van der Waals surface area contributed by atoms with Crippen LogP contribution in [0.3, 0.4) is 0 Å². The number of carbonyl (C=O) groups is 1. The Bertz CT molecular complexity index is 1070. The van der Waals surface area contributed by atoms with Gasteiger partial charge in [0.25, 0.3) is 0 Å². The van der Waals surface area contributed by atoms with Crippen molar-refractivity contribution >= 4 is 22.6 Å². The number of fused-ring (bicyclic) bond motifs is 1. The molecule has 1 fully saturated rings. The van der Waals surface area contributed by atoms with E-state index in [4.69, 9.17) is 4.42 Å². The zero-order valence-electron chi connectivity index (χ0n) is 16.9. The van der Waals surface area contributed by atoms with Crippen molar-refractivity contribution in [2.24, 2.45) is 5.92 Å².